The van der Waals surface area contributed by atoms with Crippen LogP contribution in [0.5, 0.6) is 0 Å². The summed E-state index contributed by atoms with van der Waals surface area (Å²) >= 11 is 0. The summed E-state index contributed by atoms with van der Waals surface area (Å²) in [6.45, 7) is 2.85. The van der Waals surface area contributed by atoms with Crippen molar-refractivity contribution in [1.29, 1.82) is 0 Å². The van der Waals surface area contributed by atoms with Crippen LogP contribution in [0.1, 0.15) is 23.4 Å². The Hall–Kier alpha value is -3.07. The molecule has 0 bridgehead atoms. The lowest BCUT2D eigenvalue weighted by atomic mass is 10.1. The maximum absolute atomic E-state index is 12.7. The molecule has 4 rings (SSSR count). The second-order valence-corrected chi connectivity index (χ2v) is 8.06. The molecule has 0 spiro atoms. The van der Waals surface area contributed by atoms with Gasteiger partial charge in [-0.1, -0.05) is 24.3 Å². The number of fused-ring (bicyclic) bond motifs is 1. The predicted molar refractivity (Wildman–Crippen MR) is 119 cm³/mol. The van der Waals surface area contributed by atoms with Crippen molar-refractivity contribution < 1.29 is 13.2 Å². The van der Waals surface area contributed by atoms with Gasteiger partial charge >= 0.3 is 6.18 Å². The first kappa shape index (κ1) is 22.1. The molecule has 1 aromatic heterocycles. The number of imidazole rings is 1. The second-order valence-electron chi connectivity index (χ2n) is 8.06. The van der Waals surface area contributed by atoms with E-state index in [0.29, 0.717) is 19.0 Å². The minimum Gasteiger partial charge on any atom is -0.352 e. The van der Waals surface area contributed by atoms with Crippen LogP contribution in [0.2, 0.25) is 0 Å². The highest BCUT2D eigenvalue weighted by Crippen LogP contribution is 2.29. The third kappa shape index (κ3) is 5.04. The molecule has 1 saturated heterocycles. The van der Waals surface area contributed by atoms with Crippen LogP contribution in [0, 0.1) is 0 Å². The fourth-order valence-corrected chi connectivity index (χ4v) is 4.06. The number of alkyl halides is 3. The molecule has 1 aliphatic heterocycles. The highest BCUT2D eigenvalue weighted by atomic mass is 19.4. The van der Waals surface area contributed by atoms with E-state index in [9.17, 15) is 13.2 Å². The van der Waals surface area contributed by atoms with Gasteiger partial charge in [-0.05, 0) is 36.2 Å². The molecule has 0 aliphatic carbocycles. The Morgan fingerprint density at radius 3 is 2.59 bits per heavy atom. The molecule has 0 saturated carbocycles. The number of benzene rings is 2. The largest absolute Gasteiger partial charge is 0.416 e. The van der Waals surface area contributed by atoms with Crippen molar-refractivity contribution in [1.82, 2.24) is 25.1 Å². The summed E-state index contributed by atoms with van der Waals surface area (Å²) in [5, 5.41) is 6.78. The molecule has 2 N–H and O–H groups in total. The first-order valence-corrected chi connectivity index (χ1v) is 10.6. The highest BCUT2D eigenvalue weighted by Gasteiger charge is 2.30. The molecule has 1 aliphatic rings. The third-order valence-corrected chi connectivity index (χ3v) is 5.82. The molecule has 3 aromatic rings. The van der Waals surface area contributed by atoms with Gasteiger partial charge in [-0.25, -0.2) is 4.98 Å². The number of aromatic nitrogens is 2. The first-order valence-electron chi connectivity index (χ1n) is 10.6. The molecule has 6 nitrogen and oxygen atoms in total. The number of likely N-dealkylation sites (tertiary alicyclic amines) is 1. The zero-order valence-corrected chi connectivity index (χ0v) is 18.2. The average molecular weight is 445 g/mol. The summed E-state index contributed by atoms with van der Waals surface area (Å²) in [6, 6.07) is 13.6. The van der Waals surface area contributed by atoms with Crippen LogP contribution in [0.25, 0.3) is 11.0 Å². The number of guanidine groups is 1. The zero-order chi connectivity index (χ0) is 22.7. The fraction of sp³-hybridized carbons (Fsp3) is 0.391. The minimum absolute atomic E-state index is 0.219. The minimum atomic E-state index is -4.30. The quantitative estimate of drug-likeness (QED) is 0.467. The standard InChI is InChI=1S/C23H27F3N6/c1-27-22(28-13-21-30-19-5-3-4-6-20(19)31(21)2)29-18-11-12-32(15-18)14-16-7-9-17(10-8-16)23(24,25)26/h3-10,18H,11-15H2,1-2H3,(H2,27,28,29). The van der Waals surface area contributed by atoms with Crippen molar-refractivity contribution in [3.63, 3.8) is 0 Å². The zero-order valence-electron chi connectivity index (χ0n) is 18.2. The van der Waals surface area contributed by atoms with Gasteiger partial charge in [0.25, 0.3) is 0 Å². The smallest absolute Gasteiger partial charge is 0.352 e. The van der Waals surface area contributed by atoms with Crippen LogP contribution >= 0.6 is 0 Å². The van der Waals surface area contributed by atoms with Crippen LogP contribution in [0.3, 0.4) is 0 Å². The third-order valence-electron chi connectivity index (χ3n) is 5.82. The van der Waals surface area contributed by atoms with Crippen LogP contribution in [-0.2, 0) is 26.3 Å². The van der Waals surface area contributed by atoms with Gasteiger partial charge < -0.3 is 15.2 Å². The summed E-state index contributed by atoms with van der Waals surface area (Å²) < 4.78 is 40.3. The molecule has 0 radical (unpaired) electrons. The van der Waals surface area contributed by atoms with E-state index in [4.69, 9.17) is 0 Å². The van der Waals surface area contributed by atoms with Gasteiger partial charge in [0.15, 0.2) is 5.96 Å². The average Bonchev–Trinajstić information content (AvgIpc) is 3.35. The van der Waals surface area contributed by atoms with Crippen molar-refractivity contribution in [3.8, 4) is 0 Å². The number of aliphatic imine (C=N–C) groups is 1. The number of nitrogens with zero attached hydrogens (tertiary/aromatic N) is 4. The Bertz CT molecular complexity index is 1090. The number of para-hydroxylation sites is 2. The maximum Gasteiger partial charge on any atom is 0.416 e. The number of aryl methyl sites for hydroxylation is 1. The Morgan fingerprint density at radius 2 is 1.91 bits per heavy atom. The topological polar surface area (TPSA) is 57.5 Å². The second kappa shape index (κ2) is 9.20. The van der Waals surface area contributed by atoms with Crippen molar-refractivity contribution in [2.24, 2.45) is 12.0 Å². The molecule has 1 atom stereocenters. The van der Waals surface area contributed by atoms with Gasteiger partial charge in [0.05, 0.1) is 23.1 Å². The van der Waals surface area contributed by atoms with Gasteiger partial charge in [0, 0.05) is 39.8 Å². The van der Waals surface area contributed by atoms with Crippen molar-refractivity contribution >= 4 is 17.0 Å². The van der Waals surface area contributed by atoms with Gasteiger partial charge in [0.2, 0.25) is 0 Å². The van der Waals surface area contributed by atoms with E-state index in [0.717, 1.165) is 54.1 Å². The van der Waals surface area contributed by atoms with Crippen LogP contribution in [0.4, 0.5) is 13.2 Å². The molecular weight excluding hydrogens is 417 g/mol. The summed E-state index contributed by atoms with van der Waals surface area (Å²) in [7, 11) is 3.73. The van der Waals surface area contributed by atoms with Crippen molar-refractivity contribution in [2.45, 2.75) is 31.7 Å². The van der Waals surface area contributed by atoms with Gasteiger partial charge in [-0.3, -0.25) is 9.89 Å². The monoisotopic (exact) mass is 444 g/mol. The Morgan fingerprint density at radius 1 is 1.16 bits per heavy atom. The molecule has 2 aromatic carbocycles. The molecule has 32 heavy (non-hydrogen) atoms. The van der Waals surface area contributed by atoms with Gasteiger partial charge in [0.1, 0.15) is 5.82 Å². The van der Waals surface area contributed by atoms with E-state index in [1.54, 1.807) is 19.2 Å². The molecule has 170 valence electrons. The summed E-state index contributed by atoms with van der Waals surface area (Å²) in [6.07, 6.45) is -3.36. The van der Waals surface area contributed by atoms with Gasteiger partial charge in [-0.15, -0.1) is 0 Å². The number of nitrogens with one attached hydrogen (secondary N) is 2. The molecule has 1 fully saturated rings. The fourth-order valence-electron chi connectivity index (χ4n) is 4.06. The van der Waals surface area contributed by atoms with E-state index in [1.165, 1.54) is 0 Å². The van der Waals surface area contributed by atoms with Crippen molar-refractivity contribution in [3.05, 3.63) is 65.5 Å². The Labute approximate surface area is 185 Å². The van der Waals surface area contributed by atoms with E-state index < -0.39 is 11.7 Å². The summed E-state index contributed by atoms with van der Waals surface area (Å²) in [4.78, 5) is 11.2. The van der Waals surface area contributed by atoms with Crippen LogP contribution in [-0.4, -0.2) is 46.6 Å². The number of rotatable bonds is 5. The van der Waals surface area contributed by atoms with E-state index in [2.05, 4.69) is 30.1 Å². The molecule has 9 heteroatoms. The van der Waals surface area contributed by atoms with E-state index >= 15 is 0 Å². The van der Waals surface area contributed by atoms with E-state index in [-0.39, 0.29) is 6.04 Å². The molecule has 2 heterocycles. The maximum atomic E-state index is 12.7. The molecular formula is C23H27F3N6. The Balaban J connectivity index is 1.28. The number of halogens is 3. The van der Waals surface area contributed by atoms with Crippen LogP contribution < -0.4 is 10.6 Å². The lowest BCUT2D eigenvalue weighted by Crippen LogP contribution is -2.44. The lowest BCUT2D eigenvalue weighted by molar-refractivity contribution is -0.137. The highest BCUT2D eigenvalue weighted by molar-refractivity contribution is 5.80. The summed E-state index contributed by atoms with van der Waals surface area (Å²) in [5.74, 6) is 1.63. The van der Waals surface area contributed by atoms with Crippen molar-refractivity contribution in [2.75, 3.05) is 20.1 Å². The van der Waals surface area contributed by atoms with Crippen LogP contribution in [0.15, 0.2) is 53.5 Å². The lowest BCUT2D eigenvalue weighted by Gasteiger charge is -2.19. The first-order chi connectivity index (χ1) is 15.3. The van der Waals surface area contributed by atoms with Gasteiger partial charge in [-0.2, -0.15) is 13.2 Å². The summed E-state index contributed by atoms with van der Waals surface area (Å²) in [5.41, 5.74) is 2.31. The Kier molecular flexibility index (Phi) is 6.36. The molecule has 0 amide bonds. The SMILES string of the molecule is CN=C(NCc1nc2ccccc2n1C)NC1CCN(Cc2ccc(C(F)(F)F)cc2)C1. The molecule has 1 unspecified atom stereocenters. The number of hydrogen-bond acceptors (Lipinski definition) is 3. The predicted octanol–water partition coefficient (Wildman–Crippen LogP) is 3.53. The normalized spacial score (nSPS) is 17.8. The van der Waals surface area contributed by atoms with E-state index in [1.807, 2.05) is 31.3 Å². The number of hydrogen-bond donors (Lipinski definition) is 2.